The number of aliphatic hydroxyl groups excluding tert-OH is 1. The molecular formula is C16H18ClFN2OS. The summed E-state index contributed by atoms with van der Waals surface area (Å²) in [5.41, 5.74) is 1.86. The van der Waals surface area contributed by atoms with Gasteiger partial charge in [-0.3, -0.25) is 0 Å². The maximum absolute atomic E-state index is 13.6. The molecule has 3 nitrogen and oxygen atoms in total. The number of fused-ring (bicyclic) bond motifs is 1. The highest BCUT2D eigenvalue weighted by Gasteiger charge is 2.26. The Morgan fingerprint density at radius 2 is 2.36 bits per heavy atom. The Hall–Kier alpha value is -1.01. The largest absolute Gasteiger partial charge is 0.394 e. The summed E-state index contributed by atoms with van der Waals surface area (Å²) in [4.78, 5) is 5.82. The van der Waals surface area contributed by atoms with E-state index in [1.54, 1.807) is 17.4 Å². The monoisotopic (exact) mass is 340 g/mol. The molecule has 0 saturated heterocycles. The lowest BCUT2D eigenvalue weighted by Crippen LogP contribution is -2.30. The fraction of sp³-hybridized carbons (Fsp3) is 0.438. The zero-order valence-corrected chi connectivity index (χ0v) is 13.8. The highest BCUT2D eigenvalue weighted by molar-refractivity contribution is 7.11. The number of aryl methyl sites for hydroxylation is 2. The molecule has 0 amide bonds. The van der Waals surface area contributed by atoms with Crippen LogP contribution in [0, 0.1) is 12.7 Å². The molecule has 0 bridgehead atoms. The Labute approximate surface area is 138 Å². The fourth-order valence-electron chi connectivity index (χ4n) is 2.93. The number of hydrogen-bond donors (Lipinski definition) is 2. The van der Waals surface area contributed by atoms with Crippen LogP contribution in [0.1, 0.15) is 46.1 Å². The quantitative estimate of drug-likeness (QED) is 0.886. The van der Waals surface area contributed by atoms with Gasteiger partial charge in [-0.05, 0) is 43.9 Å². The fourth-order valence-corrected chi connectivity index (χ4v) is 4.11. The third kappa shape index (κ3) is 3.18. The normalized spacial score (nSPS) is 19.0. The molecule has 1 aliphatic carbocycles. The number of thiazole rings is 1. The number of aliphatic hydroxyl groups is 1. The van der Waals surface area contributed by atoms with Crippen molar-refractivity contribution >= 4 is 22.9 Å². The van der Waals surface area contributed by atoms with Crippen molar-refractivity contribution in [2.75, 3.05) is 6.61 Å². The minimum atomic E-state index is -0.461. The second-order valence-corrected chi connectivity index (χ2v) is 7.21. The van der Waals surface area contributed by atoms with Crippen LogP contribution in [0.5, 0.6) is 0 Å². The molecule has 1 aliphatic rings. The smallest absolute Gasteiger partial charge is 0.142 e. The van der Waals surface area contributed by atoms with E-state index in [1.165, 1.54) is 17.0 Å². The van der Waals surface area contributed by atoms with Gasteiger partial charge < -0.3 is 10.4 Å². The van der Waals surface area contributed by atoms with Crippen molar-refractivity contribution in [2.24, 2.45) is 0 Å². The average molecular weight is 341 g/mol. The summed E-state index contributed by atoms with van der Waals surface area (Å²) in [6.45, 7) is 1.92. The van der Waals surface area contributed by atoms with Gasteiger partial charge in [-0.25, -0.2) is 9.37 Å². The lowest BCUT2D eigenvalue weighted by Gasteiger charge is -2.27. The molecule has 1 aromatic carbocycles. The Morgan fingerprint density at radius 3 is 3.09 bits per heavy atom. The van der Waals surface area contributed by atoms with E-state index in [9.17, 15) is 9.50 Å². The zero-order chi connectivity index (χ0) is 15.7. The van der Waals surface area contributed by atoms with Crippen LogP contribution < -0.4 is 5.32 Å². The summed E-state index contributed by atoms with van der Waals surface area (Å²) in [6.07, 6.45) is 3.08. The SMILES string of the molecule is Cc1nc2c(s1)C(NC(CO)c1ccc(Cl)c(F)c1)CCC2. The molecule has 22 heavy (non-hydrogen) atoms. The van der Waals surface area contributed by atoms with E-state index in [1.807, 2.05) is 6.92 Å². The first kappa shape index (κ1) is 15.9. The van der Waals surface area contributed by atoms with Crippen LogP contribution in [0.15, 0.2) is 18.2 Å². The van der Waals surface area contributed by atoms with Gasteiger partial charge in [0.25, 0.3) is 0 Å². The molecule has 1 heterocycles. The van der Waals surface area contributed by atoms with E-state index in [4.69, 9.17) is 11.6 Å². The predicted octanol–water partition coefficient (Wildman–Crippen LogP) is 3.94. The molecule has 0 radical (unpaired) electrons. The highest BCUT2D eigenvalue weighted by atomic mass is 35.5. The lowest BCUT2D eigenvalue weighted by atomic mass is 9.96. The lowest BCUT2D eigenvalue weighted by molar-refractivity contribution is 0.228. The van der Waals surface area contributed by atoms with Gasteiger partial charge in [-0.2, -0.15) is 0 Å². The van der Waals surface area contributed by atoms with Gasteiger partial charge in [0.15, 0.2) is 0 Å². The number of nitrogens with one attached hydrogen (secondary N) is 1. The Bertz CT molecular complexity index is 676. The maximum Gasteiger partial charge on any atom is 0.142 e. The average Bonchev–Trinajstić information content (AvgIpc) is 2.88. The van der Waals surface area contributed by atoms with Gasteiger partial charge in [0.05, 0.1) is 28.4 Å². The number of nitrogens with zero attached hydrogens (tertiary/aromatic N) is 1. The molecule has 0 fully saturated rings. The van der Waals surface area contributed by atoms with E-state index in [0.29, 0.717) is 5.56 Å². The number of halogens is 2. The summed E-state index contributed by atoms with van der Waals surface area (Å²) in [6, 6.07) is 4.51. The van der Waals surface area contributed by atoms with E-state index in [2.05, 4.69) is 10.3 Å². The second-order valence-electron chi connectivity index (χ2n) is 5.56. The van der Waals surface area contributed by atoms with Crippen LogP contribution in [-0.2, 0) is 6.42 Å². The number of benzene rings is 1. The Kier molecular flexibility index (Phi) is 4.78. The summed E-state index contributed by atoms with van der Waals surface area (Å²) >= 11 is 7.43. The predicted molar refractivity (Wildman–Crippen MR) is 86.9 cm³/mol. The molecule has 6 heteroatoms. The van der Waals surface area contributed by atoms with Crippen molar-refractivity contribution in [2.45, 2.75) is 38.3 Å². The molecule has 0 aliphatic heterocycles. The minimum Gasteiger partial charge on any atom is -0.394 e. The first-order valence-electron chi connectivity index (χ1n) is 7.36. The molecule has 2 N–H and O–H groups in total. The van der Waals surface area contributed by atoms with E-state index >= 15 is 0 Å². The summed E-state index contributed by atoms with van der Waals surface area (Å²) in [7, 11) is 0. The van der Waals surface area contributed by atoms with Crippen molar-refractivity contribution < 1.29 is 9.50 Å². The molecule has 3 rings (SSSR count). The van der Waals surface area contributed by atoms with Gasteiger partial charge in [-0.1, -0.05) is 17.7 Å². The second kappa shape index (κ2) is 6.62. The molecule has 2 unspecified atom stereocenters. The Balaban J connectivity index is 1.82. The molecule has 2 atom stereocenters. The Morgan fingerprint density at radius 1 is 1.55 bits per heavy atom. The standard InChI is InChI=1S/C16H18ClFN2OS/c1-9-19-13-3-2-4-14(16(13)22-9)20-15(8-21)10-5-6-11(17)12(18)7-10/h5-7,14-15,20-21H,2-4,8H2,1H3. The molecular weight excluding hydrogens is 323 g/mol. The van der Waals surface area contributed by atoms with Crippen molar-refractivity contribution in [1.82, 2.24) is 10.3 Å². The molecule has 118 valence electrons. The van der Waals surface area contributed by atoms with Gasteiger partial charge in [0, 0.05) is 10.9 Å². The molecule has 1 aromatic heterocycles. The van der Waals surface area contributed by atoms with Gasteiger partial charge in [-0.15, -0.1) is 11.3 Å². The van der Waals surface area contributed by atoms with E-state index in [0.717, 1.165) is 30.0 Å². The van der Waals surface area contributed by atoms with Crippen molar-refractivity contribution in [3.05, 3.63) is 50.2 Å². The summed E-state index contributed by atoms with van der Waals surface area (Å²) < 4.78 is 13.6. The number of aromatic nitrogens is 1. The molecule has 0 saturated carbocycles. The van der Waals surface area contributed by atoms with E-state index in [-0.39, 0.29) is 23.7 Å². The highest BCUT2D eigenvalue weighted by Crippen LogP contribution is 2.35. The van der Waals surface area contributed by atoms with Crippen molar-refractivity contribution in [1.29, 1.82) is 0 Å². The van der Waals surface area contributed by atoms with Crippen LogP contribution in [0.4, 0.5) is 4.39 Å². The van der Waals surface area contributed by atoms with Crippen LogP contribution in [0.25, 0.3) is 0 Å². The van der Waals surface area contributed by atoms with E-state index < -0.39 is 5.82 Å². The first-order chi connectivity index (χ1) is 10.6. The third-order valence-electron chi connectivity index (χ3n) is 3.99. The van der Waals surface area contributed by atoms with Crippen molar-refractivity contribution in [3.8, 4) is 0 Å². The van der Waals surface area contributed by atoms with Gasteiger partial charge in [0.2, 0.25) is 0 Å². The summed E-state index contributed by atoms with van der Waals surface area (Å²) in [5, 5.41) is 14.3. The number of hydrogen-bond acceptors (Lipinski definition) is 4. The first-order valence-corrected chi connectivity index (χ1v) is 8.56. The van der Waals surface area contributed by atoms with Crippen molar-refractivity contribution in [3.63, 3.8) is 0 Å². The number of rotatable bonds is 4. The third-order valence-corrected chi connectivity index (χ3v) is 5.42. The van der Waals surface area contributed by atoms with Crippen LogP contribution in [0.2, 0.25) is 5.02 Å². The van der Waals surface area contributed by atoms with Crippen LogP contribution in [0.3, 0.4) is 0 Å². The maximum atomic E-state index is 13.6. The minimum absolute atomic E-state index is 0.0926. The van der Waals surface area contributed by atoms with Gasteiger partial charge >= 0.3 is 0 Å². The van der Waals surface area contributed by atoms with Crippen LogP contribution in [-0.4, -0.2) is 16.7 Å². The summed E-state index contributed by atoms with van der Waals surface area (Å²) in [5.74, 6) is -0.461. The van der Waals surface area contributed by atoms with Crippen LogP contribution >= 0.6 is 22.9 Å². The zero-order valence-electron chi connectivity index (χ0n) is 12.3. The topological polar surface area (TPSA) is 45.2 Å². The van der Waals surface area contributed by atoms with Gasteiger partial charge in [0.1, 0.15) is 5.82 Å². The molecule has 2 aromatic rings. The molecule has 0 spiro atoms.